The largest absolute Gasteiger partial charge is 0.478 e. The van der Waals surface area contributed by atoms with Gasteiger partial charge in [0.25, 0.3) is 0 Å². The number of carboxylic acid groups (broad SMARTS) is 1. The summed E-state index contributed by atoms with van der Waals surface area (Å²) < 4.78 is 12.9. The van der Waals surface area contributed by atoms with Crippen LogP contribution in [0.3, 0.4) is 0 Å². The SMILES string of the molecule is CCc1nc(C)c(-c2ccc(F)cc2)cc1C(=O)O. The van der Waals surface area contributed by atoms with Gasteiger partial charge in [-0.15, -0.1) is 0 Å². The number of rotatable bonds is 3. The molecule has 0 radical (unpaired) electrons. The number of nitrogens with zero attached hydrogens (tertiary/aromatic N) is 1. The van der Waals surface area contributed by atoms with Gasteiger partial charge in [-0.1, -0.05) is 19.1 Å². The van der Waals surface area contributed by atoms with Crippen LogP contribution >= 0.6 is 0 Å². The molecule has 2 aromatic rings. The van der Waals surface area contributed by atoms with E-state index in [2.05, 4.69) is 4.98 Å². The Morgan fingerprint density at radius 2 is 1.95 bits per heavy atom. The maximum Gasteiger partial charge on any atom is 0.337 e. The molecule has 0 aliphatic heterocycles. The number of halogens is 1. The van der Waals surface area contributed by atoms with Crippen molar-refractivity contribution >= 4 is 5.97 Å². The molecule has 1 heterocycles. The Hall–Kier alpha value is -2.23. The van der Waals surface area contributed by atoms with E-state index in [1.165, 1.54) is 12.1 Å². The molecule has 0 saturated carbocycles. The molecule has 98 valence electrons. The van der Waals surface area contributed by atoms with E-state index in [4.69, 9.17) is 0 Å². The molecule has 0 saturated heterocycles. The van der Waals surface area contributed by atoms with E-state index < -0.39 is 5.97 Å². The molecule has 0 fully saturated rings. The molecular formula is C15H14FNO2. The molecular weight excluding hydrogens is 245 g/mol. The predicted octanol–water partition coefficient (Wildman–Crippen LogP) is 3.46. The highest BCUT2D eigenvalue weighted by Crippen LogP contribution is 2.25. The molecule has 0 aliphatic carbocycles. The van der Waals surface area contributed by atoms with Gasteiger partial charge in [-0.05, 0) is 37.1 Å². The fourth-order valence-electron chi connectivity index (χ4n) is 2.03. The first-order chi connectivity index (χ1) is 9.02. The topological polar surface area (TPSA) is 50.2 Å². The van der Waals surface area contributed by atoms with Gasteiger partial charge in [-0.2, -0.15) is 0 Å². The first-order valence-electron chi connectivity index (χ1n) is 6.02. The van der Waals surface area contributed by atoms with E-state index in [1.807, 2.05) is 13.8 Å². The van der Waals surface area contributed by atoms with Gasteiger partial charge in [0.15, 0.2) is 0 Å². The Bertz CT molecular complexity index is 621. The first-order valence-corrected chi connectivity index (χ1v) is 6.02. The molecule has 19 heavy (non-hydrogen) atoms. The zero-order valence-electron chi connectivity index (χ0n) is 10.8. The van der Waals surface area contributed by atoms with E-state index in [-0.39, 0.29) is 11.4 Å². The van der Waals surface area contributed by atoms with Crippen LogP contribution in [-0.4, -0.2) is 16.1 Å². The maximum atomic E-state index is 12.9. The van der Waals surface area contributed by atoms with Gasteiger partial charge < -0.3 is 5.11 Å². The number of carbonyl (C=O) groups is 1. The highest BCUT2D eigenvalue weighted by Gasteiger charge is 2.14. The van der Waals surface area contributed by atoms with Crippen LogP contribution in [0.25, 0.3) is 11.1 Å². The summed E-state index contributed by atoms with van der Waals surface area (Å²) in [6.45, 7) is 3.69. The lowest BCUT2D eigenvalue weighted by molar-refractivity contribution is 0.0695. The van der Waals surface area contributed by atoms with Crippen molar-refractivity contribution in [3.05, 3.63) is 53.1 Å². The van der Waals surface area contributed by atoms with Crippen molar-refractivity contribution in [2.75, 3.05) is 0 Å². The number of pyridine rings is 1. The van der Waals surface area contributed by atoms with E-state index in [1.54, 1.807) is 18.2 Å². The Labute approximate surface area is 110 Å². The highest BCUT2D eigenvalue weighted by atomic mass is 19.1. The Kier molecular flexibility index (Phi) is 3.60. The fourth-order valence-corrected chi connectivity index (χ4v) is 2.03. The van der Waals surface area contributed by atoms with Crippen molar-refractivity contribution in [2.24, 2.45) is 0 Å². The average Bonchev–Trinajstić information content (AvgIpc) is 2.39. The third-order valence-corrected chi connectivity index (χ3v) is 3.01. The summed E-state index contributed by atoms with van der Waals surface area (Å²) in [6.07, 6.45) is 0.562. The number of benzene rings is 1. The molecule has 0 unspecified atom stereocenters. The lowest BCUT2D eigenvalue weighted by atomic mass is 10.00. The zero-order chi connectivity index (χ0) is 14.0. The number of aryl methyl sites for hydroxylation is 2. The van der Waals surface area contributed by atoms with Crippen LogP contribution in [0.1, 0.15) is 28.7 Å². The van der Waals surface area contributed by atoms with Gasteiger partial charge in [0, 0.05) is 11.3 Å². The third-order valence-electron chi connectivity index (χ3n) is 3.01. The van der Waals surface area contributed by atoms with Crippen molar-refractivity contribution in [3.8, 4) is 11.1 Å². The Morgan fingerprint density at radius 3 is 2.47 bits per heavy atom. The van der Waals surface area contributed by atoms with Gasteiger partial charge in [0.05, 0.1) is 11.3 Å². The van der Waals surface area contributed by atoms with Crippen LogP contribution in [0.2, 0.25) is 0 Å². The highest BCUT2D eigenvalue weighted by molar-refractivity contribution is 5.90. The zero-order valence-corrected chi connectivity index (χ0v) is 10.8. The molecule has 2 rings (SSSR count). The quantitative estimate of drug-likeness (QED) is 0.918. The van der Waals surface area contributed by atoms with Crippen LogP contribution < -0.4 is 0 Å². The third kappa shape index (κ3) is 2.62. The first kappa shape index (κ1) is 13.2. The van der Waals surface area contributed by atoms with Gasteiger partial charge in [0.2, 0.25) is 0 Å². The van der Waals surface area contributed by atoms with Crippen molar-refractivity contribution in [3.63, 3.8) is 0 Å². The van der Waals surface area contributed by atoms with Crippen LogP contribution in [0.4, 0.5) is 4.39 Å². The second kappa shape index (κ2) is 5.18. The number of hydrogen-bond acceptors (Lipinski definition) is 2. The van der Waals surface area contributed by atoms with E-state index in [9.17, 15) is 14.3 Å². The summed E-state index contributed by atoms with van der Waals surface area (Å²) in [6, 6.07) is 7.55. The lowest BCUT2D eigenvalue weighted by Crippen LogP contribution is -2.06. The molecule has 0 aliphatic rings. The smallest absolute Gasteiger partial charge is 0.337 e. The Morgan fingerprint density at radius 1 is 1.32 bits per heavy atom. The van der Waals surface area contributed by atoms with E-state index in [0.717, 1.165) is 16.8 Å². The van der Waals surface area contributed by atoms with Crippen molar-refractivity contribution in [1.82, 2.24) is 4.98 Å². The molecule has 0 amide bonds. The van der Waals surface area contributed by atoms with E-state index >= 15 is 0 Å². The maximum absolute atomic E-state index is 12.9. The molecule has 1 N–H and O–H groups in total. The standard InChI is InChI=1S/C15H14FNO2/c1-3-14-13(15(18)19)8-12(9(2)17-14)10-4-6-11(16)7-5-10/h4-8H,3H2,1-2H3,(H,18,19). The molecule has 4 heteroatoms. The fraction of sp³-hybridized carbons (Fsp3) is 0.200. The minimum Gasteiger partial charge on any atom is -0.478 e. The van der Waals surface area contributed by atoms with E-state index in [0.29, 0.717) is 12.1 Å². The molecule has 0 spiro atoms. The minimum absolute atomic E-state index is 0.201. The van der Waals surface area contributed by atoms with Gasteiger partial charge in [-0.25, -0.2) is 9.18 Å². The summed E-state index contributed by atoms with van der Waals surface area (Å²) in [5.74, 6) is -1.31. The Balaban J connectivity index is 2.60. The normalized spacial score (nSPS) is 10.5. The minimum atomic E-state index is -0.993. The van der Waals surface area contributed by atoms with Crippen LogP contribution in [0.5, 0.6) is 0 Å². The number of carboxylic acids is 1. The summed E-state index contributed by atoms with van der Waals surface area (Å²) >= 11 is 0. The van der Waals surface area contributed by atoms with Crippen molar-refractivity contribution < 1.29 is 14.3 Å². The summed E-state index contributed by atoms with van der Waals surface area (Å²) in [5, 5.41) is 9.20. The van der Waals surface area contributed by atoms with Crippen LogP contribution in [-0.2, 0) is 6.42 Å². The molecule has 3 nitrogen and oxygen atoms in total. The van der Waals surface area contributed by atoms with Gasteiger partial charge >= 0.3 is 5.97 Å². The number of aromatic nitrogens is 1. The summed E-state index contributed by atoms with van der Waals surface area (Å²) in [7, 11) is 0. The summed E-state index contributed by atoms with van der Waals surface area (Å²) in [4.78, 5) is 15.6. The van der Waals surface area contributed by atoms with Crippen molar-refractivity contribution in [2.45, 2.75) is 20.3 Å². The lowest BCUT2D eigenvalue weighted by Gasteiger charge is -2.10. The van der Waals surface area contributed by atoms with Crippen LogP contribution in [0, 0.1) is 12.7 Å². The molecule has 1 aromatic heterocycles. The number of aromatic carboxylic acids is 1. The van der Waals surface area contributed by atoms with Gasteiger partial charge in [-0.3, -0.25) is 4.98 Å². The molecule has 1 aromatic carbocycles. The predicted molar refractivity (Wildman–Crippen MR) is 70.7 cm³/mol. The molecule has 0 atom stereocenters. The number of hydrogen-bond donors (Lipinski definition) is 1. The average molecular weight is 259 g/mol. The molecule has 0 bridgehead atoms. The second-order valence-corrected chi connectivity index (χ2v) is 4.28. The second-order valence-electron chi connectivity index (χ2n) is 4.28. The monoisotopic (exact) mass is 259 g/mol. The summed E-state index contributed by atoms with van der Waals surface area (Å²) in [5.41, 5.74) is 2.99. The van der Waals surface area contributed by atoms with Crippen LogP contribution in [0.15, 0.2) is 30.3 Å². The van der Waals surface area contributed by atoms with Crippen molar-refractivity contribution in [1.29, 1.82) is 0 Å². The van der Waals surface area contributed by atoms with Gasteiger partial charge in [0.1, 0.15) is 5.82 Å².